The third-order valence-electron chi connectivity index (χ3n) is 2.93. The van der Waals surface area contributed by atoms with Crippen molar-refractivity contribution >= 4 is 19.9 Å². The molecular formula is C11H19NO6S2. The van der Waals surface area contributed by atoms with Crippen LogP contribution >= 0.6 is 0 Å². The van der Waals surface area contributed by atoms with Gasteiger partial charge in [-0.3, -0.25) is 0 Å². The average Bonchev–Trinajstić information content (AvgIpc) is 2.59. The van der Waals surface area contributed by atoms with E-state index in [1.54, 1.807) is 6.92 Å². The van der Waals surface area contributed by atoms with Crippen molar-refractivity contribution in [2.75, 3.05) is 25.6 Å². The van der Waals surface area contributed by atoms with E-state index in [2.05, 4.69) is 0 Å². The average molecular weight is 325 g/mol. The Kier molecular flexibility index (Phi) is 5.01. The fourth-order valence-electron chi connectivity index (χ4n) is 1.80. The highest BCUT2D eigenvalue weighted by molar-refractivity contribution is 7.91. The van der Waals surface area contributed by atoms with Crippen LogP contribution < -0.4 is 0 Å². The van der Waals surface area contributed by atoms with Gasteiger partial charge >= 0.3 is 0 Å². The number of aryl methyl sites for hydroxylation is 2. The summed E-state index contributed by atoms with van der Waals surface area (Å²) in [5.41, 5.74) is 0.203. The Morgan fingerprint density at radius 2 is 1.70 bits per heavy atom. The van der Waals surface area contributed by atoms with Crippen LogP contribution in [0.25, 0.3) is 0 Å². The first-order valence-corrected chi connectivity index (χ1v) is 9.34. The van der Waals surface area contributed by atoms with E-state index in [1.807, 2.05) is 0 Å². The molecule has 20 heavy (non-hydrogen) atoms. The Morgan fingerprint density at radius 3 is 2.15 bits per heavy atom. The molecule has 0 saturated carbocycles. The van der Waals surface area contributed by atoms with Crippen LogP contribution in [0.4, 0.5) is 0 Å². The topological polar surface area (TPSA) is 105 Å². The van der Waals surface area contributed by atoms with Crippen LogP contribution in [0.3, 0.4) is 0 Å². The van der Waals surface area contributed by atoms with Gasteiger partial charge in [-0.25, -0.2) is 16.8 Å². The Bertz CT molecular complexity index is 687. The van der Waals surface area contributed by atoms with E-state index in [0.717, 1.165) is 10.6 Å². The van der Waals surface area contributed by atoms with Gasteiger partial charge in [0.25, 0.3) is 0 Å². The fourth-order valence-corrected chi connectivity index (χ4v) is 4.09. The van der Waals surface area contributed by atoms with Gasteiger partial charge in [0.2, 0.25) is 10.0 Å². The van der Waals surface area contributed by atoms with E-state index >= 15 is 0 Å². The maximum Gasteiger partial charge on any atom is 0.246 e. The first-order valence-electron chi connectivity index (χ1n) is 5.84. The molecule has 0 amide bonds. The summed E-state index contributed by atoms with van der Waals surface area (Å²) in [5, 5.41) is 9.28. The zero-order chi connectivity index (χ0) is 15.7. The molecule has 0 radical (unpaired) electrons. The number of aliphatic hydroxyl groups is 1. The summed E-state index contributed by atoms with van der Waals surface area (Å²) < 4.78 is 53.3. The first kappa shape index (κ1) is 17.2. The number of nitrogens with zero attached hydrogens (tertiary/aromatic N) is 1. The standard InChI is InChI=1S/C11H19NO6S2/c1-8-10(7-13)11(9(2)18-8)20(16,17)12(3)5-6-19(4,14)15/h13H,5-7H2,1-4H3. The Hall–Kier alpha value is -0.900. The molecule has 1 aromatic heterocycles. The highest BCUT2D eigenvalue weighted by atomic mass is 32.2. The molecule has 0 aliphatic rings. The summed E-state index contributed by atoms with van der Waals surface area (Å²) in [6.07, 6.45) is 1.04. The second kappa shape index (κ2) is 5.84. The van der Waals surface area contributed by atoms with Gasteiger partial charge in [0.15, 0.2) is 0 Å². The normalized spacial score (nSPS) is 13.1. The fraction of sp³-hybridized carbons (Fsp3) is 0.636. The molecule has 9 heteroatoms. The molecule has 1 heterocycles. The minimum atomic E-state index is -3.90. The Morgan fingerprint density at radius 1 is 1.15 bits per heavy atom. The van der Waals surface area contributed by atoms with Gasteiger partial charge in [0.05, 0.1) is 12.4 Å². The van der Waals surface area contributed by atoms with Crippen LogP contribution in [0.1, 0.15) is 17.1 Å². The molecule has 1 rings (SSSR count). The number of sulfone groups is 1. The molecule has 0 spiro atoms. The zero-order valence-electron chi connectivity index (χ0n) is 11.9. The number of furan rings is 1. The Labute approximate surface area is 119 Å². The predicted octanol–water partition coefficient (Wildman–Crippen LogP) is 0.0538. The van der Waals surface area contributed by atoms with Crippen molar-refractivity contribution in [1.82, 2.24) is 4.31 Å². The lowest BCUT2D eigenvalue weighted by atomic mass is 10.2. The lowest BCUT2D eigenvalue weighted by Crippen LogP contribution is -2.32. The molecule has 1 N–H and O–H groups in total. The van der Waals surface area contributed by atoms with Crippen LogP contribution in [-0.4, -0.2) is 51.8 Å². The number of aliphatic hydroxyl groups excluding tert-OH is 1. The lowest BCUT2D eigenvalue weighted by molar-refractivity contribution is 0.276. The molecule has 0 bridgehead atoms. The summed E-state index contributed by atoms with van der Waals surface area (Å²) in [5.74, 6) is 0.241. The minimum Gasteiger partial charge on any atom is -0.465 e. The first-order chi connectivity index (χ1) is 9.00. The summed E-state index contributed by atoms with van der Waals surface area (Å²) in [6.45, 7) is 2.44. The van der Waals surface area contributed by atoms with Gasteiger partial charge in [0.1, 0.15) is 26.3 Å². The van der Waals surface area contributed by atoms with Crippen LogP contribution in [-0.2, 0) is 26.5 Å². The van der Waals surface area contributed by atoms with E-state index in [0.29, 0.717) is 5.76 Å². The molecule has 0 aromatic carbocycles. The number of hydrogen-bond donors (Lipinski definition) is 1. The van der Waals surface area contributed by atoms with Crippen LogP contribution in [0, 0.1) is 13.8 Å². The van der Waals surface area contributed by atoms with E-state index in [9.17, 15) is 21.9 Å². The highest BCUT2D eigenvalue weighted by Crippen LogP contribution is 2.28. The van der Waals surface area contributed by atoms with Crippen molar-refractivity contribution in [3.8, 4) is 0 Å². The van der Waals surface area contributed by atoms with Gasteiger partial charge in [0, 0.05) is 25.4 Å². The number of rotatable bonds is 6. The van der Waals surface area contributed by atoms with Crippen molar-refractivity contribution in [3.05, 3.63) is 17.1 Å². The largest absolute Gasteiger partial charge is 0.465 e. The third-order valence-corrected chi connectivity index (χ3v) is 5.91. The van der Waals surface area contributed by atoms with E-state index in [4.69, 9.17) is 4.42 Å². The van der Waals surface area contributed by atoms with E-state index in [1.165, 1.54) is 14.0 Å². The van der Waals surface area contributed by atoms with Gasteiger partial charge in [-0.15, -0.1) is 0 Å². The van der Waals surface area contributed by atoms with Crippen molar-refractivity contribution < 1.29 is 26.4 Å². The summed E-state index contributed by atoms with van der Waals surface area (Å²) in [7, 11) is -5.86. The molecule has 7 nitrogen and oxygen atoms in total. The predicted molar refractivity (Wildman–Crippen MR) is 73.6 cm³/mol. The molecule has 0 atom stereocenters. The lowest BCUT2D eigenvalue weighted by Gasteiger charge is -2.17. The summed E-state index contributed by atoms with van der Waals surface area (Å²) in [6, 6.07) is 0. The zero-order valence-corrected chi connectivity index (χ0v) is 13.5. The van der Waals surface area contributed by atoms with Gasteiger partial charge in [-0.05, 0) is 13.8 Å². The monoisotopic (exact) mass is 325 g/mol. The third kappa shape index (κ3) is 3.60. The second-order valence-corrected chi connectivity index (χ2v) is 8.88. The second-order valence-electron chi connectivity index (χ2n) is 4.64. The smallest absolute Gasteiger partial charge is 0.246 e. The van der Waals surface area contributed by atoms with Crippen molar-refractivity contribution in [1.29, 1.82) is 0 Å². The number of hydrogen-bond acceptors (Lipinski definition) is 6. The Balaban J connectivity index is 3.17. The van der Waals surface area contributed by atoms with Gasteiger partial charge in [-0.2, -0.15) is 4.31 Å². The van der Waals surface area contributed by atoms with E-state index < -0.39 is 26.5 Å². The molecule has 0 saturated heterocycles. The maximum absolute atomic E-state index is 12.4. The summed E-state index contributed by atoms with van der Waals surface area (Å²) >= 11 is 0. The molecule has 0 aliphatic heterocycles. The molecular weight excluding hydrogens is 306 g/mol. The van der Waals surface area contributed by atoms with E-state index in [-0.39, 0.29) is 28.5 Å². The van der Waals surface area contributed by atoms with Crippen molar-refractivity contribution in [2.24, 2.45) is 0 Å². The highest BCUT2D eigenvalue weighted by Gasteiger charge is 2.30. The molecule has 1 aromatic rings. The van der Waals surface area contributed by atoms with Crippen LogP contribution in [0.5, 0.6) is 0 Å². The molecule has 0 fully saturated rings. The van der Waals surface area contributed by atoms with Crippen molar-refractivity contribution in [2.45, 2.75) is 25.3 Å². The molecule has 0 aliphatic carbocycles. The SMILES string of the molecule is Cc1oc(C)c(S(=O)(=O)N(C)CCS(C)(=O)=O)c1CO. The number of sulfonamides is 1. The summed E-state index contributed by atoms with van der Waals surface area (Å²) in [4.78, 5) is -0.0894. The molecule has 116 valence electrons. The molecule has 0 unspecified atom stereocenters. The minimum absolute atomic E-state index is 0.0894. The quantitative estimate of drug-likeness (QED) is 0.792. The van der Waals surface area contributed by atoms with Crippen LogP contribution in [0.15, 0.2) is 9.31 Å². The van der Waals surface area contributed by atoms with Gasteiger partial charge in [-0.1, -0.05) is 0 Å². The van der Waals surface area contributed by atoms with Gasteiger partial charge < -0.3 is 9.52 Å². The maximum atomic E-state index is 12.4. The van der Waals surface area contributed by atoms with Crippen molar-refractivity contribution in [3.63, 3.8) is 0 Å². The van der Waals surface area contributed by atoms with Crippen LogP contribution in [0.2, 0.25) is 0 Å².